The van der Waals surface area contributed by atoms with Gasteiger partial charge in [0, 0.05) is 23.9 Å². The van der Waals surface area contributed by atoms with Gasteiger partial charge in [-0.3, -0.25) is 14.6 Å². The van der Waals surface area contributed by atoms with Crippen molar-refractivity contribution in [3.05, 3.63) is 58.8 Å². The van der Waals surface area contributed by atoms with E-state index in [1.54, 1.807) is 22.9 Å². The molecule has 1 amide bonds. The third-order valence-electron chi connectivity index (χ3n) is 5.79. The lowest BCUT2D eigenvalue weighted by molar-refractivity contribution is 0.0891. The number of carbonyl (C=O) groups is 1. The number of amides is 1. The summed E-state index contributed by atoms with van der Waals surface area (Å²) in [4.78, 5) is 13.0. The first kappa shape index (κ1) is 18.4. The summed E-state index contributed by atoms with van der Waals surface area (Å²) < 4.78 is 16.3. The fourth-order valence-corrected chi connectivity index (χ4v) is 4.28. The molecule has 7 heteroatoms. The van der Waals surface area contributed by atoms with Gasteiger partial charge in [0.15, 0.2) is 0 Å². The minimum absolute atomic E-state index is 0.275. The van der Waals surface area contributed by atoms with Gasteiger partial charge in [0.25, 0.3) is 5.91 Å². The van der Waals surface area contributed by atoms with E-state index in [2.05, 4.69) is 20.6 Å². The van der Waals surface area contributed by atoms with E-state index in [4.69, 9.17) is 0 Å². The maximum Gasteiger partial charge on any atom is 0.270 e. The molecule has 0 aliphatic heterocycles. The summed E-state index contributed by atoms with van der Waals surface area (Å²) in [6.45, 7) is 3.89. The maximum absolute atomic E-state index is 14.5. The lowest BCUT2D eigenvalue weighted by Gasteiger charge is -2.31. The van der Waals surface area contributed by atoms with Crippen LogP contribution in [0.5, 0.6) is 0 Å². The van der Waals surface area contributed by atoms with Crippen LogP contribution in [0.1, 0.15) is 53.1 Å². The molecule has 4 rings (SSSR count). The Morgan fingerprint density at radius 2 is 1.96 bits per heavy atom. The zero-order valence-corrected chi connectivity index (χ0v) is 16.3. The monoisotopic (exact) mass is 381 g/mol. The molecule has 0 unspecified atom stereocenters. The van der Waals surface area contributed by atoms with Gasteiger partial charge in [0.2, 0.25) is 0 Å². The summed E-state index contributed by atoms with van der Waals surface area (Å²) >= 11 is 0. The van der Waals surface area contributed by atoms with Gasteiger partial charge in [-0.2, -0.15) is 10.2 Å². The predicted octanol–water partition coefficient (Wildman–Crippen LogP) is 3.77. The molecule has 6 nitrogen and oxygen atoms in total. The van der Waals surface area contributed by atoms with E-state index in [0.29, 0.717) is 17.0 Å². The van der Waals surface area contributed by atoms with Crippen molar-refractivity contribution in [1.82, 2.24) is 25.3 Å². The van der Waals surface area contributed by atoms with Crippen LogP contribution in [0.15, 0.2) is 30.3 Å². The number of rotatable bonds is 4. The molecule has 2 aromatic heterocycles. The van der Waals surface area contributed by atoms with Crippen LogP contribution < -0.4 is 5.32 Å². The van der Waals surface area contributed by atoms with Gasteiger partial charge in [-0.05, 0) is 38.8 Å². The van der Waals surface area contributed by atoms with Gasteiger partial charge in [-0.25, -0.2) is 4.39 Å². The smallest absolute Gasteiger partial charge is 0.270 e. The second-order valence-corrected chi connectivity index (χ2v) is 7.56. The lowest BCUT2D eigenvalue weighted by atomic mass is 9.87. The highest BCUT2D eigenvalue weighted by Crippen LogP contribution is 2.40. The third-order valence-corrected chi connectivity index (χ3v) is 5.79. The highest BCUT2D eigenvalue weighted by Gasteiger charge is 2.39. The fourth-order valence-electron chi connectivity index (χ4n) is 4.28. The van der Waals surface area contributed by atoms with Crippen LogP contribution in [0.4, 0.5) is 4.39 Å². The van der Waals surface area contributed by atoms with Gasteiger partial charge >= 0.3 is 0 Å². The van der Waals surface area contributed by atoms with Crippen molar-refractivity contribution in [2.45, 2.75) is 45.1 Å². The average molecular weight is 381 g/mol. The van der Waals surface area contributed by atoms with Gasteiger partial charge in [-0.1, -0.05) is 31.0 Å². The Morgan fingerprint density at radius 1 is 1.25 bits per heavy atom. The highest BCUT2D eigenvalue weighted by molar-refractivity contribution is 5.94. The van der Waals surface area contributed by atoms with Crippen LogP contribution in [-0.2, 0) is 12.6 Å². The second-order valence-electron chi connectivity index (χ2n) is 7.56. The lowest BCUT2D eigenvalue weighted by Crippen LogP contribution is -2.44. The van der Waals surface area contributed by atoms with Crippen LogP contribution in [0.25, 0.3) is 11.3 Å². The van der Waals surface area contributed by atoms with E-state index in [0.717, 1.165) is 42.6 Å². The zero-order valence-electron chi connectivity index (χ0n) is 16.3. The summed E-state index contributed by atoms with van der Waals surface area (Å²) in [6, 6.07) is 8.43. The normalized spacial score (nSPS) is 15.7. The molecule has 0 radical (unpaired) electrons. The van der Waals surface area contributed by atoms with Crippen molar-refractivity contribution in [1.29, 1.82) is 0 Å². The van der Waals surface area contributed by atoms with E-state index in [-0.39, 0.29) is 11.7 Å². The van der Waals surface area contributed by atoms with E-state index >= 15 is 0 Å². The standard InChI is InChI=1S/C21H24FN5O/c1-13-19(14(2)27(3)26-13)17-12-18(25-24-17)20(28)23-21(10-6-7-11-21)15-8-4-5-9-16(15)22/h4-5,8-9,12H,6-7,10-11H2,1-3H3,(H,23,28)(H,24,25). The quantitative estimate of drug-likeness (QED) is 0.722. The SMILES string of the molecule is Cc1nn(C)c(C)c1-c1cc(C(=O)NC2(c3ccccc3F)CCCC2)[nH]n1. The summed E-state index contributed by atoms with van der Waals surface area (Å²) in [7, 11) is 1.88. The number of aryl methyl sites for hydroxylation is 2. The molecule has 0 bridgehead atoms. The number of benzene rings is 1. The molecule has 0 spiro atoms. The number of H-pyrrole nitrogens is 1. The first-order valence-corrected chi connectivity index (χ1v) is 9.55. The fraction of sp³-hybridized carbons (Fsp3) is 0.381. The number of aromatic amines is 1. The molecule has 1 aliphatic carbocycles. The number of hydrogen-bond donors (Lipinski definition) is 2. The molecule has 2 heterocycles. The molecule has 3 aromatic rings. The molecule has 1 fully saturated rings. The first-order chi connectivity index (χ1) is 13.4. The Labute approximate surface area is 163 Å². The number of nitrogens with one attached hydrogen (secondary N) is 2. The van der Waals surface area contributed by atoms with Crippen LogP contribution in [0.2, 0.25) is 0 Å². The van der Waals surface area contributed by atoms with Gasteiger partial charge < -0.3 is 5.32 Å². The zero-order chi connectivity index (χ0) is 19.9. The van der Waals surface area contributed by atoms with Crippen molar-refractivity contribution in [2.75, 3.05) is 0 Å². The number of aromatic nitrogens is 4. The summed E-state index contributed by atoms with van der Waals surface area (Å²) in [5, 5.41) is 14.6. The minimum atomic E-state index is -0.673. The summed E-state index contributed by atoms with van der Waals surface area (Å²) in [6.07, 6.45) is 3.36. The minimum Gasteiger partial charge on any atom is -0.341 e. The molecular formula is C21H24FN5O. The van der Waals surface area contributed by atoms with E-state index in [1.165, 1.54) is 6.07 Å². The first-order valence-electron chi connectivity index (χ1n) is 9.55. The molecule has 1 saturated carbocycles. The molecule has 2 N–H and O–H groups in total. The van der Waals surface area contributed by atoms with E-state index < -0.39 is 5.54 Å². The number of nitrogens with zero attached hydrogens (tertiary/aromatic N) is 3. The summed E-state index contributed by atoms with van der Waals surface area (Å²) in [5.41, 5.74) is 3.68. The third kappa shape index (κ3) is 3.00. The number of hydrogen-bond acceptors (Lipinski definition) is 3. The molecular weight excluding hydrogens is 357 g/mol. The Balaban J connectivity index is 1.63. The Bertz CT molecular complexity index is 1030. The van der Waals surface area contributed by atoms with E-state index in [1.807, 2.05) is 27.0 Å². The molecule has 1 aromatic carbocycles. The van der Waals surface area contributed by atoms with Crippen LogP contribution in [0.3, 0.4) is 0 Å². The number of carbonyl (C=O) groups excluding carboxylic acids is 1. The second kappa shape index (κ2) is 6.89. The summed E-state index contributed by atoms with van der Waals surface area (Å²) in [5.74, 6) is -0.556. The molecule has 0 atom stereocenters. The molecule has 146 valence electrons. The number of halogens is 1. The average Bonchev–Trinajstić information content (AvgIpc) is 3.37. The Kier molecular flexibility index (Phi) is 4.53. The van der Waals surface area contributed by atoms with Gasteiger partial charge in [0.1, 0.15) is 11.5 Å². The van der Waals surface area contributed by atoms with Crippen molar-refractivity contribution in [2.24, 2.45) is 7.05 Å². The Hall–Kier alpha value is -2.96. The van der Waals surface area contributed by atoms with Crippen LogP contribution in [0, 0.1) is 19.7 Å². The van der Waals surface area contributed by atoms with Crippen molar-refractivity contribution in [3.8, 4) is 11.3 Å². The topological polar surface area (TPSA) is 75.6 Å². The highest BCUT2D eigenvalue weighted by atomic mass is 19.1. The maximum atomic E-state index is 14.5. The van der Waals surface area contributed by atoms with Crippen LogP contribution in [-0.4, -0.2) is 25.9 Å². The molecule has 28 heavy (non-hydrogen) atoms. The molecule has 1 aliphatic rings. The van der Waals surface area contributed by atoms with Crippen molar-refractivity contribution >= 4 is 5.91 Å². The van der Waals surface area contributed by atoms with Crippen molar-refractivity contribution in [3.63, 3.8) is 0 Å². The van der Waals surface area contributed by atoms with Crippen LogP contribution >= 0.6 is 0 Å². The Morgan fingerprint density at radius 3 is 2.61 bits per heavy atom. The van der Waals surface area contributed by atoms with Gasteiger partial charge in [0.05, 0.1) is 16.9 Å². The largest absolute Gasteiger partial charge is 0.341 e. The predicted molar refractivity (Wildman–Crippen MR) is 104 cm³/mol. The molecule has 0 saturated heterocycles. The van der Waals surface area contributed by atoms with Gasteiger partial charge in [-0.15, -0.1) is 0 Å². The van der Waals surface area contributed by atoms with Crippen molar-refractivity contribution < 1.29 is 9.18 Å². The van der Waals surface area contributed by atoms with E-state index in [9.17, 15) is 9.18 Å².